The highest BCUT2D eigenvalue weighted by atomic mass is 16.6. The minimum absolute atomic E-state index is 0.147. The third kappa shape index (κ3) is 2.89. The molecule has 3 saturated carbocycles. The monoisotopic (exact) mass is 508 g/mol. The molecule has 0 unspecified atom stereocenters. The lowest BCUT2D eigenvalue weighted by molar-refractivity contribution is -0.174. The van der Waals surface area contributed by atoms with Gasteiger partial charge in [0.05, 0.1) is 18.1 Å². The highest BCUT2D eigenvalue weighted by Gasteiger charge is 2.79. The van der Waals surface area contributed by atoms with Gasteiger partial charge in [0.1, 0.15) is 6.10 Å². The van der Waals surface area contributed by atoms with Gasteiger partial charge in [-0.05, 0) is 73.7 Å². The van der Waals surface area contributed by atoms with Gasteiger partial charge in [-0.1, -0.05) is 37.6 Å². The lowest BCUT2D eigenvalue weighted by Crippen LogP contribution is -2.68. The fourth-order valence-corrected chi connectivity index (χ4v) is 10.1. The van der Waals surface area contributed by atoms with Gasteiger partial charge in [0.25, 0.3) is 0 Å². The Balaban J connectivity index is 1.50. The topological polar surface area (TPSA) is 96.0 Å². The van der Waals surface area contributed by atoms with E-state index in [4.69, 9.17) is 14.2 Å². The Morgan fingerprint density at radius 3 is 2.43 bits per heavy atom. The Morgan fingerprint density at radius 2 is 1.73 bits per heavy atom. The van der Waals surface area contributed by atoms with E-state index in [-0.39, 0.29) is 40.7 Å². The molecule has 0 aromatic rings. The lowest BCUT2D eigenvalue weighted by Gasteiger charge is -2.71. The van der Waals surface area contributed by atoms with Crippen LogP contribution in [0.4, 0.5) is 0 Å². The molecule has 2 bridgehead atoms. The van der Waals surface area contributed by atoms with Crippen molar-refractivity contribution in [3.8, 4) is 0 Å². The van der Waals surface area contributed by atoms with Gasteiger partial charge in [-0.2, -0.15) is 0 Å². The van der Waals surface area contributed by atoms with E-state index < -0.39 is 34.6 Å². The normalized spacial score (nSPS) is 47.3. The van der Waals surface area contributed by atoms with E-state index in [0.29, 0.717) is 6.42 Å². The number of ether oxygens (including phenoxy) is 3. The summed E-state index contributed by atoms with van der Waals surface area (Å²) in [6, 6.07) is 0. The Bertz CT molecular complexity index is 1210. The lowest BCUT2D eigenvalue weighted by atomic mass is 9.31. The van der Waals surface area contributed by atoms with Gasteiger partial charge in [0.15, 0.2) is 0 Å². The molecular formula is C30H36O7. The Kier molecular flexibility index (Phi) is 5.11. The molecule has 37 heavy (non-hydrogen) atoms. The second-order valence-electron chi connectivity index (χ2n) is 12.8. The summed E-state index contributed by atoms with van der Waals surface area (Å²) in [4.78, 5) is 50.2. The summed E-state index contributed by atoms with van der Waals surface area (Å²) in [6.07, 6.45) is 12.9. The summed E-state index contributed by atoms with van der Waals surface area (Å²) in [5.74, 6) is -2.31. The van der Waals surface area contributed by atoms with Gasteiger partial charge in [-0.3, -0.25) is 19.2 Å². The fraction of sp³-hybridized carbons (Fsp3) is 0.667. The Morgan fingerprint density at radius 1 is 1.00 bits per heavy atom. The van der Waals surface area contributed by atoms with Crippen molar-refractivity contribution in [2.45, 2.75) is 79.2 Å². The average Bonchev–Trinajstić information content (AvgIpc) is 3.34. The van der Waals surface area contributed by atoms with Crippen LogP contribution in [-0.2, 0) is 33.4 Å². The van der Waals surface area contributed by atoms with Gasteiger partial charge in [0.2, 0.25) is 0 Å². The second kappa shape index (κ2) is 7.67. The highest BCUT2D eigenvalue weighted by molar-refractivity contribution is 5.99. The van der Waals surface area contributed by atoms with Crippen molar-refractivity contribution in [3.63, 3.8) is 0 Å². The maximum absolute atomic E-state index is 13.5. The molecule has 7 aliphatic rings. The van der Waals surface area contributed by atoms with E-state index in [0.717, 1.165) is 37.7 Å². The van der Waals surface area contributed by atoms with Crippen molar-refractivity contribution in [2.24, 2.45) is 45.3 Å². The van der Waals surface area contributed by atoms with Crippen molar-refractivity contribution in [1.82, 2.24) is 0 Å². The third-order valence-corrected chi connectivity index (χ3v) is 11.3. The van der Waals surface area contributed by atoms with Crippen LogP contribution in [0.5, 0.6) is 0 Å². The first-order valence-electron chi connectivity index (χ1n) is 13.6. The maximum atomic E-state index is 13.5. The number of hydrogen-bond donors (Lipinski definition) is 0. The van der Waals surface area contributed by atoms with Crippen molar-refractivity contribution in [2.75, 3.05) is 0 Å². The van der Waals surface area contributed by atoms with Crippen molar-refractivity contribution in [3.05, 3.63) is 35.6 Å². The van der Waals surface area contributed by atoms with Crippen LogP contribution >= 0.6 is 0 Å². The molecule has 198 valence electrons. The molecule has 1 saturated heterocycles. The predicted molar refractivity (Wildman–Crippen MR) is 132 cm³/mol. The van der Waals surface area contributed by atoms with Crippen molar-refractivity contribution < 1.29 is 33.4 Å². The standard InChI is InChI=1S/C30H36O7/c1-16(15-35-17(2)31)20-6-7-21-27(20,4)10-9-22-28(5)11-8-19(36-18(3)32)14-29(28)12-13-30(21,22)24-23(29)25(33)37-26(24)34/h9,12-13,15,19-21,23-24H,6-8,10-11,14H2,1-5H3/b16-15-/t19-,20+,21-,23+,24+,27-,28-,29-,30-/m1/s1. The highest BCUT2D eigenvalue weighted by Crippen LogP contribution is 2.80. The fourth-order valence-electron chi connectivity index (χ4n) is 10.1. The smallest absolute Gasteiger partial charge is 0.318 e. The summed E-state index contributed by atoms with van der Waals surface area (Å²) < 4.78 is 16.4. The van der Waals surface area contributed by atoms with Crippen LogP contribution in [0.25, 0.3) is 0 Å². The molecule has 7 heteroatoms. The Hall–Kier alpha value is -2.70. The summed E-state index contributed by atoms with van der Waals surface area (Å²) >= 11 is 0. The van der Waals surface area contributed by atoms with E-state index in [1.807, 2.05) is 6.92 Å². The third-order valence-electron chi connectivity index (χ3n) is 11.3. The summed E-state index contributed by atoms with van der Waals surface area (Å²) in [5.41, 5.74) is 0.625. The molecule has 0 amide bonds. The Labute approximate surface area is 217 Å². The molecule has 6 aliphatic carbocycles. The molecule has 4 fully saturated rings. The van der Waals surface area contributed by atoms with Gasteiger partial charge >= 0.3 is 23.9 Å². The minimum atomic E-state index is -0.621. The van der Waals surface area contributed by atoms with Crippen LogP contribution < -0.4 is 0 Å². The van der Waals surface area contributed by atoms with Crippen molar-refractivity contribution in [1.29, 1.82) is 0 Å². The van der Waals surface area contributed by atoms with Gasteiger partial charge in [-0.15, -0.1) is 0 Å². The molecule has 7 rings (SSSR count). The number of hydrogen-bond acceptors (Lipinski definition) is 7. The van der Waals surface area contributed by atoms with E-state index >= 15 is 0 Å². The number of fused-ring (bicyclic) bond motifs is 1. The zero-order valence-corrected chi connectivity index (χ0v) is 22.3. The molecule has 1 aliphatic heterocycles. The molecule has 9 atom stereocenters. The maximum Gasteiger partial charge on any atom is 0.318 e. The molecule has 0 aromatic heterocycles. The molecule has 0 aromatic carbocycles. The molecule has 7 nitrogen and oxygen atoms in total. The van der Waals surface area contributed by atoms with Crippen LogP contribution in [0, 0.1) is 45.3 Å². The first kappa shape index (κ1) is 24.6. The number of rotatable bonds is 3. The first-order valence-corrected chi connectivity index (χ1v) is 13.6. The van der Waals surface area contributed by atoms with Gasteiger partial charge in [0, 0.05) is 24.7 Å². The van der Waals surface area contributed by atoms with Crippen LogP contribution in [0.1, 0.15) is 73.1 Å². The molecule has 0 radical (unpaired) electrons. The molecule has 1 heterocycles. The first-order chi connectivity index (χ1) is 17.4. The number of carbonyl (C=O) groups excluding carboxylic acids is 4. The largest absolute Gasteiger partial charge is 0.463 e. The van der Waals surface area contributed by atoms with Crippen LogP contribution in [0.3, 0.4) is 0 Å². The molecule has 0 N–H and O–H groups in total. The van der Waals surface area contributed by atoms with Crippen LogP contribution in [-0.4, -0.2) is 30.0 Å². The summed E-state index contributed by atoms with van der Waals surface area (Å²) in [5, 5.41) is 0. The number of cyclic esters (lactones) is 2. The predicted octanol–water partition coefficient (Wildman–Crippen LogP) is 4.81. The summed E-state index contributed by atoms with van der Waals surface area (Å²) in [6.45, 7) is 9.40. The van der Waals surface area contributed by atoms with Gasteiger partial charge in [-0.25, -0.2) is 0 Å². The van der Waals surface area contributed by atoms with Crippen LogP contribution in [0.2, 0.25) is 0 Å². The van der Waals surface area contributed by atoms with Gasteiger partial charge < -0.3 is 14.2 Å². The molecule has 2 spiro atoms. The minimum Gasteiger partial charge on any atom is -0.463 e. The number of esters is 4. The van der Waals surface area contributed by atoms with E-state index in [2.05, 4.69) is 32.1 Å². The summed E-state index contributed by atoms with van der Waals surface area (Å²) in [7, 11) is 0. The quantitative estimate of drug-likeness (QED) is 0.177. The second-order valence-corrected chi connectivity index (χ2v) is 12.8. The average molecular weight is 509 g/mol. The van der Waals surface area contributed by atoms with Crippen LogP contribution in [0.15, 0.2) is 35.6 Å². The number of allylic oxidation sites excluding steroid dienone is 5. The number of carbonyl (C=O) groups is 4. The zero-order chi connectivity index (χ0) is 26.5. The SMILES string of the molecule is CC(=O)O/C=C(/C)[C@@H]1CC[C@@H]2[C@]1(C)CC=C1[C@@]23C=C[C@@]2(C[C@H](OC(C)=O)CC[C@]12C)[C@@H]1C(=O)OC(=O)[C@H]13. The van der Waals surface area contributed by atoms with E-state index in [9.17, 15) is 19.2 Å². The molecular weight excluding hydrogens is 472 g/mol. The van der Waals surface area contributed by atoms with E-state index in [1.165, 1.54) is 19.4 Å². The zero-order valence-electron chi connectivity index (χ0n) is 22.3. The van der Waals surface area contributed by atoms with Crippen molar-refractivity contribution >= 4 is 23.9 Å². The van der Waals surface area contributed by atoms with E-state index in [1.54, 1.807) is 6.26 Å².